The van der Waals surface area contributed by atoms with Crippen LogP contribution in [0, 0.1) is 0 Å². The van der Waals surface area contributed by atoms with Crippen LogP contribution in [0.5, 0.6) is 0 Å². The average Bonchev–Trinajstić information content (AvgIpc) is 2.64. The maximum atomic E-state index is 5.94. The van der Waals surface area contributed by atoms with Crippen LogP contribution in [-0.4, -0.2) is 0 Å². The molecule has 1 aromatic heterocycles. The molecular formula is C11H7BrCl2S. The zero-order valence-electron chi connectivity index (χ0n) is 7.58. The molecule has 1 unspecified atom stereocenters. The molecular weight excluding hydrogens is 315 g/mol. The summed E-state index contributed by atoms with van der Waals surface area (Å²) in [5.74, 6) is 0. The Hall–Kier alpha value is -0.0200. The molecule has 1 atom stereocenters. The number of halogens is 3. The van der Waals surface area contributed by atoms with Gasteiger partial charge in [0, 0.05) is 9.90 Å². The lowest BCUT2D eigenvalue weighted by Crippen LogP contribution is -1.88. The lowest BCUT2D eigenvalue weighted by Gasteiger charge is -2.07. The largest absolute Gasteiger partial charge is 0.127 e. The molecule has 78 valence electrons. The molecule has 0 spiro atoms. The Morgan fingerprint density at radius 3 is 2.53 bits per heavy atom. The summed E-state index contributed by atoms with van der Waals surface area (Å²) >= 11 is 17.0. The van der Waals surface area contributed by atoms with Gasteiger partial charge in [0.15, 0.2) is 0 Å². The molecule has 1 aromatic carbocycles. The predicted octanol–water partition coefficient (Wildman–Crippen LogP) is 5.54. The van der Waals surface area contributed by atoms with E-state index in [1.807, 2.05) is 36.4 Å². The van der Waals surface area contributed by atoms with Crippen molar-refractivity contribution in [1.29, 1.82) is 0 Å². The summed E-state index contributed by atoms with van der Waals surface area (Å²) in [7, 11) is 0. The number of benzene rings is 1. The van der Waals surface area contributed by atoms with Crippen LogP contribution in [0.3, 0.4) is 0 Å². The lowest BCUT2D eigenvalue weighted by atomic mass is 10.1. The molecule has 1 heterocycles. The Morgan fingerprint density at radius 2 is 1.93 bits per heavy atom. The standard InChI is InChI=1S/C11H7BrCl2S/c12-11(9-4-5-10(14)15-9)7-2-1-3-8(13)6-7/h1-6,11H. The van der Waals surface area contributed by atoms with Crippen molar-refractivity contribution in [2.75, 3.05) is 0 Å². The van der Waals surface area contributed by atoms with Crippen molar-refractivity contribution >= 4 is 50.5 Å². The van der Waals surface area contributed by atoms with Crippen molar-refractivity contribution in [2.45, 2.75) is 4.83 Å². The Bertz CT molecular complexity index is 467. The molecule has 0 nitrogen and oxygen atoms in total. The van der Waals surface area contributed by atoms with E-state index in [9.17, 15) is 0 Å². The van der Waals surface area contributed by atoms with E-state index in [4.69, 9.17) is 23.2 Å². The maximum Gasteiger partial charge on any atom is 0.0931 e. The molecule has 0 N–H and O–H groups in total. The highest BCUT2D eigenvalue weighted by Gasteiger charge is 2.12. The van der Waals surface area contributed by atoms with Crippen molar-refractivity contribution in [3.63, 3.8) is 0 Å². The van der Waals surface area contributed by atoms with E-state index in [1.54, 1.807) is 11.3 Å². The summed E-state index contributed by atoms with van der Waals surface area (Å²) in [5.41, 5.74) is 1.14. The monoisotopic (exact) mass is 320 g/mol. The van der Waals surface area contributed by atoms with Gasteiger partial charge in [0.1, 0.15) is 0 Å². The molecule has 0 saturated heterocycles. The molecule has 15 heavy (non-hydrogen) atoms. The molecule has 0 aliphatic carbocycles. The van der Waals surface area contributed by atoms with Gasteiger partial charge in [-0.2, -0.15) is 0 Å². The summed E-state index contributed by atoms with van der Waals surface area (Å²) in [5, 5.41) is 0.750. The van der Waals surface area contributed by atoms with Crippen LogP contribution in [0.15, 0.2) is 36.4 Å². The molecule has 0 fully saturated rings. The molecule has 0 amide bonds. The van der Waals surface area contributed by atoms with Gasteiger partial charge in [0.25, 0.3) is 0 Å². The van der Waals surface area contributed by atoms with Crippen LogP contribution >= 0.6 is 50.5 Å². The minimum atomic E-state index is 0.161. The number of thiophene rings is 1. The SMILES string of the molecule is Clc1cccc(C(Br)c2ccc(Cl)s2)c1. The number of alkyl halides is 1. The fourth-order valence-electron chi connectivity index (χ4n) is 1.29. The predicted molar refractivity (Wildman–Crippen MR) is 71.6 cm³/mol. The Balaban J connectivity index is 2.32. The zero-order valence-corrected chi connectivity index (χ0v) is 11.5. The van der Waals surface area contributed by atoms with Gasteiger partial charge in [0.05, 0.1) is 9.16 Å². The Morgan fingerprint density at radius 1 is 1.13 bits per heavy atom. The first-order chi connectivity index (χ1) is 7.16. The summed E-state index contributed by atoms with van der Waals surface area (Å²) in [6.07, 6.45) is 0. The molecule has 4 heteroatoms. The third-order valence-corrected chi connectivity index (χ3v) is 4.84. The van der Waals surface area contributed by atoms with Crippen molar-refractivity contribution in [1.82, 2.24) is 0 Å². The van der Waals surface area contributed by atoms with Gasteiger partial charge < -0.3 is 0 Å². The highest BCUT2D eigenvalue weighted by atomic mass is 79.9. The van der Waals surface area contributed by atoms with Gasteiger partial charge in [-0.15, -0.1) is 11.3 Å². The first kappa shape index (κ1) is 11.5. The van der Waals surface area contributed by atoms with E-state index in [-0.39, 0.29) is 4.83 Å². The number of hydrogen-bond acceptors (Lipinski definition) is 1. The van der Waals surface area contributed by atoms with Crippen LogP contribution in [0.25, 0.3) is 0 Å². The highest BCUT2D eigenvalue weighted by molar-refractivity contribution is 9.09. The maximum absolute atomic E-state index is 5.94. The van der Waals surface area contributed by atoms with Crippen molar-refractivity contribution in [3.8, 4) is 0 Å². The van der Waals surface area contributed by atoms with Crippen LogP contribution in [0.2, 0.25) is 9.36 Å². The summed E-state index contributed by atoms with van der Waals surface area (Å²) < 4.78 is 0.802. The second-order valence-electron chi connectivity index (χ2n) is 3.06. The fourth-order valence-corrected chi connectivity index (χ4v) is 3.28. The van der Waals surface area contributed by atoms with Crippen molar-refractivity contribution < 1.29 is 0 Å². The summed E-state index contributed by atoms with van der Waals surface area (Å²) in [6, 6.07) is 11.7. The molecule has 0 saturated carbocycles. The fraction of sp³-hybridized carbons (Fsp3) is 0.0909. The zero-order chi connectivity index (χ0) is 10.8. The van der Waals surface area contributed by atoms with E-state index >= 15 is 0 Å². The third kappa shape index (κ3) is 2.76. The van der Waals surface area contributed by atoms with Crippen LogP contribution in [0.1, 0.15) is 15.3 Å². The van der Waals surface area contributed by atoms with Crippen LogP contribution < -0.4 is 0 Å². The van der Waals surface area contributed by atoms with Gasteiger partial charge in [0.2, 0.25) is 0 Å². The lowest BCUT2D eigenvalue weighted by molar-refractivity contribution is 1.23. The minimum absolute atomic E-state index is 0.161. The summed E-state index contributed by atoms with van der Waals surface area (Å²) in [6.45, 7) is 0. The van der Waals surface area contributed by atoms with E-state index in [0.29, 0.717) is 0 Å². The molecule has 0 bridgehead atoms. The minimum Gasteiger partial charge on any atom is -0.127 e. The molecule has 2 rings (SSSR count). The van der Waals surface area contributed by atoms with Crippen LogP contribution in [0.4, 0.5) is 0 Å². The van der Waals surface area contributed by atoms with Gasteiger partial charge in [-0.1, -0.05) is 51.3 Å². The van der Waals surface area contributed by atoms with Crippen molar-refractivity contribution in [2.24, 2.45) is 0 Å². The van der Waals surface area contributed by atoms with Crippen molar-refractivity contribution in [3.05, 3.63) is 56.2 Å². The van der Waals surface area contributed by atoms with Gasteiger partial charge in [-0.25, -0.2) is 0 Å². The summed E-state index contributed by atoms with van der Waals surface area (Å²) in [4.78, 5) is 1.34. The smallest absolute Gasteiger partial charge is 0.0931 e. The second-order valence-corrected chi connectivity index (χ2v) is 6.16. The first-order valence-electron chi connectivity index (χ1n) is 4.31. The quantitative estimate of drug-likeness (QED) is 0.637. The Kier molecular flexibility index (Phi) is 3.73. The van der Waals surface area contributed by atoms with E-state index in [0.717, 1.165) is 14.9 Å². The van der Waals surface area contributed by atoms with Gasteiger partial charge >= 0.3 is 0 Å². The highest BCUT2D eigenvalue weighted by Crippen LogP contribution is 2.37. The molecule has 2 aromatic rings. The molecule has 0 aliphatic rings. The van der Waals surface area contributed by atoms with E-state index in [1.165, 1.54) is 4.88 Å². The molecule has 0 aliphatic heterocycles. The van der Waals surface area contributed by atoms with Crippen LogP contribution in [-0.2, 0) is 0 Å². The van der Waals surface area contributed by atoms with E-state index < -0.39 is 0 Å². The Labute approximate surface area is 111 Å². The third-order valence-electron chi connectivity index (χ3n) is 1.99. The second kappa shape index (κ2) is 4.88. The van der Waals surface area contributed by atoms with E-state index in [2.05, 4.69) is 15.9 Å². The first-order valence-corrected chi connectivity index (χ1v) is 6.80. The topological polar surface area (TPSA) is 0 Å². The van der Waals surface area contributed by atoms with Gasteiger partial charge in [-0.3, -0.25) is 0 Å². The number of rotatable bonds is 2. The number of hydrogen-bond donors (Lipinski definition) is 0. The van der Waals surface area contributed by atoms with Gasteiger partial charge in [-0.05, 0) is 29.8 Å². The normalized spacial score (nSPS) is 12.7. The molecule has 0 radical (unpaired) electrons. The average molecular weight is 322 g/mol.